The van der Waals surface area contributed by atoms with Gasteiger partial charge in [0.2, 0.25) is 0 Å². The SMILES string of the molecule is CCc1nccnc1-c1cnc(C)o1. The summed E-state index contributed by atoms with van der Waals surface area (Å²) in [4.78, 5) is 12.5. The van der Waals surface area contributed by atoms with E-state index < -0.39 is 0 Å². The van der Waals surface area contributed by atoms with Crippen molar-refractivity contribution in [1.82, 2.24) is 15.0 Å². The Morgan fingerprint density at radius 3 is 2.64 bits per heavy atom. The van der Waals surface area contributed by atoms with Crippen LogP contribution in [-0.4, -0.2) is 15.0 Å². The average Bonchev–Trinajstić information content (AvgIpc) is 2.65. The minimum Gasteiger partial charge on any atom is -0.439 e. The van der Waals surface area contributed by atoms with Gasteiger partial charge in [-0.05, 0) is 6.42 Å². The van der Waals surface area contributed by atoms with Crippen LogP contribution in [0.1, 0.15) is 18.5 Å². The molecule has 0 unspecified atom stereocenters. The van der Waals surface area contributed by atoms with Gasteiger partial charge >= 0.3 is 0 Å². The van der Waals surface area contributed by atoms with Crippen molar-refractivity contribution in [2.45, 2.75) is 20.3 Å². The Kier molecular flexibility index (Phi) is 2.26. The molecule has 2 aromatic heterocycles. The smallest absolute Gasteiger partial charge is 0.191 e. The van der Waals surface area contributed by atoms with Crippen LogP contribution >= 0.6 is 0 Å². The molecule has 0 fully saturated rings. The van der Waals surface area contributed by atoms with Crippen molar-refractivity contribution in [3.05, 3.63) is 30.2 Å². The molecule has 2 rings (SSSR count). The van der Waals surface area contributed by atoms with E-state index in [-0.39, 0.29) is 0 Å². The number of aromatic nitrogens is 3. The first-order valence-corrected chi connectivity index (χ1v) is 4.54. The van der Waals surface area contributed by atoms with Crippen molar-refractivity contribution in [2.75, 3.05) is 0 Å². The lowest BCUT2D eigenvalue weighted by Crippen LogP contribution is -1.93. The van der Waals surface area contributed by atoms with Crippen LogP contribution in [0.4, 0.5) is 0 Å². The molecule has 0 aliphatic rings. The normalized spacial score (nSPS) is 10.4. The second kappa shape index (κ2) is 3.57. The van der Waals surface area contributed by atoms with Gasteiger partial charge in [-0.25, -0.2) is 9.97 Å². The minimum atomic E-state index is 0.646. The van der Waals surface area contributed by atoms with Crippen LogP contribution in [0.2, 0.25) is 0 Å². The molecule has 0 amide bonds. The first-order valence-electron chi connectivity index (χ1n) is 4.54. The first-order chi connectivity index (χ1) is 6.81. The van der Waals surface area contributed by atoms with Crippen LogP contribution in [0, 0.1) is 6.92 Å². The Labute approximate surface area is 82.0 Å². The van der Waals surface area contributed by atoms with Crippen molar-refractivity contribution in [2.24, 2.45) is 0 Å². The highest BCUT2D eigenvalue weighted by molar-refractivity contribution is 5.53. The molecule has 4 heteroatoms. The molecule has 72 valence electrons. The van der Waals surface area contributed by atoms with Gasteiger partial charge in [0.25, 0.3) is 0 Å². The molecule has 0 radical (unpaired) electrons. The van der Waals surface area contributed by atoms with E-state index in [0.717, 1.165) is 17.8 Å². The van der Waals surface area contributed by atoms with Crippen molar-refractivity contribution < 1.29 is 4.42 Å². The molecule has 14 heavy (non-hydrogen) atoms. The van der Waals surface area contributed by atoms with Gasteiger partial charge in [-0.15, -0.1) is 0 Å². The maximum atomic E-state index is 5.40. The van der Waals surface area contributed by atoms with E-state index in [4.69, 9.17) is 4.42 Å². The van der Waals surface area contributed by atoms with Gasteiger partial charge in [-0.1, -0.05) is 6.92 Å². The number of nitrogens with zero attached hydrogens (tertiary/aromatic N) is 3. The molecule has 0 N–H and O–H groups in total. The Morgan fingerprint density at radius 2 is 2.00 bits per heavy atom. The summed E-state index contributed by atoms with van der Waals surface area (Å²) in [5, 5.41) is 0. The molecule has 0 spiro atoms. The second-order valence-electron chi connectivity index (χ2n) is 2.95. The van der Waals surface area contributed by atoms with Crippen molar-refractivity contribution >= 4 is 0 Å². The van der Waals surface area contributed by atoms with Gasteiger partial charge in [-0.3, -0.25) is 4.98 Å². The van der Waals surface area contributed by atoms with Crippen LogP contribution in [0.15, 0.2) is 23.0 Å². The van der Waals surface area contributed by atoms with E-state index in [1.165, 1.54) is 0 Å². The minimum absolute atomic E-state index is 0.646. The van der Waals surface area contributed by atoms with Crippen molar-refractivity contribution in [1.29, 1.82) is 0 Å². The number of oxazole rings is 1. The fourth-order valence-electron chi connectivity index (χ4n) is 1.30. The molecule has 0 aromatic carbocycles. The van der Waals surface area contributed by atoms with Crippen LogP contribution in [-0.2, 0) is 6.42 Å². The largest absolute Gasteiger partial charge is 0.439 e. The van der Waals surface area contributed by atoms with Crippen LogP contribution < -0.4 is 0 Å². The molecule has 2 aromatic rings. The number of rotatable bonds is 2. The number of hydrogen-bond donors (Lipinski definition) is 0. The predicted octanol–water partition coefficient (Wildman–Crippen LogP) is 2.00. The molecular weight excluding hydrogens is 178 g/mol. The standard InChI is InChI=1S/C10H11N3O/c1-3-8-10(12-5-4-11-8)9-6-13-7(2)14-9/h4-6H,3H2,1-2H3. The van der Waals surface area contributed by atoms with Gasteiger partial charge in [0, 0.05) is 19.3 Å². The number of hydrogen-bond acceptors (Lipinski definition) is 4. The molecule has 0 bridgehead atoms. The van der Waals surface area contributed by atoms with Crippen molar-refractivity contribution in [3.63, 3.8) is 0 Å². The highest BCUT2D eigenvalue weighted by Gasteiger charge is 2.09. The maximum Gasteiger partial charge on any atom is 0.191 e. The highest BCUT2D eigenvalue weighted by atomic mass is 16.4. The summed E-state index contributed by atoms with van der Waals surface area (Å²) in [6.45, 7) is 3.85. The Morgan fingerprint density at radius 1 is 1.21 bits per heavy atom. The fraction of sp³-hybridized carbons (Fsp3) is 0.300. The molecule has 0 saturated heterocycles. The van der Waals surface area contributed by atoms with Crippen LogP contribution in [0.3, 0.4) is 0 Å². The number of aryl methyl sites for hydroxylation is 2. The fourth-order valence-corrected chi connectivity index (χ4v) is 1.30. The quantitative estimate of drug-likeness (QED) is 0.725. The zero-order valence-electron chi connectivity index (χ0n) is 8.19. The molecule has 0 saturated carbocycles. The maximum absolute atomic E-state index is 5.40. The third-order valence-corrected chi connectivity index (χ3v) is 1.96. The first kappa shape index (κ1) is 8.87. The van der Waals surface area contributed by atoms with Gasteiger partial charge in [0.15, 0.2) is 11.7 Å². The lowest BCUT2D eigenvalue weighted by atomic mass is 10.2. The van der Waals surface area contributed by atoms with E-state index in [1.807, 2.05) is 13.8 Å². The Hall–Kier alpha value is -1.71. The van der Waals surface area contributed by atoms with Gasteiger partial charge in [0.1, 0.15) is 5.69 Å². The van der Waals surface area contributed by atoms with Crippen LogP contribution in [0.5, 0.6) is 0 Å². The summed E-state index contributed by atoms with van der Waals surface area (Å²) in [6, 6.07) is 0. The second-order valence-corrected chi connectivity index (χ2v) is 2.95. The molecule has 4 nitrogen and oxygen atoms in total. The lowest BCUT2D eigenvalue weighted by molar-refractivity contribution is 0.531. The topological polar surface area (TPSA) is 51.8 Å². The summed E-state index contributed by atoms with van der Waals surface area (Å²) >= 11 is 0. The average molecular weight is 189 g/mol. The van der Waals surface area contributed by atoms with Crippen molar-refractivity contribution in [3.8, 4) is 11.5 Å². The van der Waals surface area contributed by atoms with E-state index in [1.54, 1.807) is 18.6 Å². The lowest BCUT2D eigenvalue weighted by Gasteiger charge is -2.00. The van der Waals surface area contributed by atoms with E-state index >= 15 is 0 Å². The summed E-state index contributed by atoms with van der Waals surface area (Å²) in [6.07, 6.45) is 5.86. The summed E-state index contributed by atoms with van der Waals surface area (Å²) in [5.41, 5.74) is 1.72. The Balaban J connectivity index is 2.50. The van der Waals surface area contributed by atoms with Crippen LogP contribution in [0.25, 0.3) is 11.5 Å². The predicted molar refractivity (Wildman–Crippen MR) is 51.6 cm³/mol. The zero-order valence-corrected chi connectivity index (χ0v) is 8.19. The molecule has 0 aliphatic heterocycles. The van der Waals surface area contributed by atoms with E-state index in [2.05, 4.69) is 15.0 Å². The molecular formula is C10H11N3O. The molecule has 0 aliphatic carbocycles. The Bertz CT molecular complexity index is 436. The summed E-state index contributed by atoms with van der Waals surface area (Å²) < 4.78 is 5.40. The van der Waals surface area contributed by atoms with E-state index in [9.17, 15) is 0 Å². The highest BCUT2D eigenvalue weighted by Crippen LogP contribution is 2.20. The summed E-state index contributed by atoms with van der Waals surface area (Å²) in [5.74, 6) is 1.33. The van der Waals surface area contributed by atoms with Gasteiger partial charge in [-0.2, -0.15) is 0 Å². The zero-order chi connectivity index (χ0) is 9.97. The molecule has 0 atom stereocenters. The third kappa shape index (κ3) is 1.51. The van der Waals surface area contributed by atoms with Gasteiger partial charge in [0.05, 0.1) is 11.9 Å². The van der Waals surface area contributed by atoms with E-state index in [0.29, 0.717) is 11.7 Å². The molecule has 2 heterocycles. The van der Waals surface area contributed by atoms with Gasteiger partial charge < -0.3 is 4.42 Å². The monoisotopic (exact) mass is 189 g/mol. The summed E-state index contributed by atoms with van der Waals surface area (Å²) in [7, 11) is 0. The third-order valence-electron chi connectivity index (χ3n) is 1.96.